The third kappa shape index (κ3) is 10.9. The first-order valence-electron chi connectivity index (χ1n) is 3.73. The Balaban J connectivity index is -0.000000249. The summed E-state index contributed by atoms with van der Waals surface area (Å²) >= 11 is 0. The molecule has 0 spiro atoms. The predicted octanol–water partition coefficient (Wildman–Crippen LogP) is 0.0283. The van der Waals surface area contributed by atoms with Crippen molar-refractivity contribution in [3.63, 3.8) is 0 Å². The molecule has 5 nitrogen and oxygen atoms in total. The van der Waals surface area contributed by atoms with Crippen LogP contribution in [-0.2, 0) is 14.4 Å². The minimum atomic E-state index is -1.03. The molecule has 0 bridgehead atoms. The molecule has 0 aliphatic carbocycles. The smallest absolute Gasteiger partial charge is 0.299 e. The van der Waals surface area contributed by atoms with E-state index in [1.54, 1.807) is 11.7 Å². The molecular formula is C9H12N2O3Sn+4. The molecule has 0 radical (unpaired) electrons. The third-order valence-corrected chi connectivity index (χ3v) is 1.28. The van der Waals surface area contributed by atoms with Gasteiger partial charge in [-0.25, -0.2) is 10.8 Å². The summed E-state index contributed by atoms with van der Waals surface area (Å²) in [6.07, 6.45) is 0. The van der Waals surface area contributed by atoms with Crippen LogP contribution >= 0.6 is 0 Å². The minimum Gasteiger partial charge on any atom is -0.299 e. The first-order chi connectivity index (χ1) is 6.38. The monoisotopic (exact) mass is 316 g/mol. The third-order valence-electron chi connectivity index (χ3n) is 1.28. The minimum absolute atomic E-state index is 0. The van der Waals surface area contributed by atoms with Crippen molar-refractivity contribution in [2.45, 2.75) is 20.8 Å². The number of hydrogen-bond donors (Lipinski definition) is 2. The molecule has 0 atom stereocenters. The summed E-state index contributed by atoms with van der Waals surface area (Å²) in [7, 11) is 0. The number of rotatable bonds is 3. The Hall–Kier alpha value is -1.03. The molecule has 0 saturated heterocycles. The van der Waals surface area contributed by atoms with Crippen molar-refractivity contribution in [1.29, 1.82) is 10.8 Å². The Morgan fingerprint density at radius 1 is 0.867 bits per heavy atom. The van der Waals surface area contributed by atoms with Gasteiger partial charge in [0.15, 0.2) is 0 Å². The summed E-state index contributed by atoms with van der Waals surface area (Å²) in [6, 6.07) is 0. The molecule has 76 valence electrons. The van der Waals surface area contributed by atoms with Crippen LogP contribution in [0.2, 0.25) is 0 Å². The van der Waals surface area contributed by atoms with Crippen molar-refractivity contribution in [1.82, 2.24) is 0 Å². The van der Waals surface area contributed by atoms with Gasteiger partial charge in [-0.1, -0.05) is 0 Å². The summed E-state index contributed by atoms with van der Waals surface area (Å²) in [5.74, 6) is 1.04. The first-order valence-corrected chi connectivity index (χ1v) is 3.73. The summed E-state index contributed by atoms with van der Waals surface area (Å²) < 4.78 is 0. The zero-order valence-corrected chi connectivity index (χ0v) is 11.7. The van der Waals surface area contributed by atoms with E-state index in [2.05, 4.69) is 0 Å². The quantitative estimate of drug-likeness (QED) is 0.436. The van der Waals surface area contributed by atoms with E-state index in [1.165, 1.54) is 20.8 Å². The molecule has 0 aliphatic rings. The average molecular weight is 315 g/mol. The number of nitrogens with one attached hydrogen (secondary N) is 2. The van der Waals surface area contributed by atoms with E-state index in [4.69, 9.17) is 10.8 Å². The fourth-order valence-corrected chi connectivity index (χ4v) is 0.859. The van der Waals surface area contributed by atoms with Crippen LogP contribution in [0.4, 0.5) is 0 Å². The van der Waals surface area contributed by atoms with Crippen molar-refractivity contribution in [2.75, 3.05) is 0 Å². The average Bonchev–Trinajstić information content (AvgIpc) is 2.02. The largest absolute Gasteiger partial charge is 4.00 e. The molecule has 6 heteroatoms. The van der Waals surface area contributed by atoms with Crippen LogP contribution in [0.3, 0.4) is 0 Å². The second kappa shape index (κ2) is 11.0. The summed E-state index contributed by atoms with van der Waals surface area (Å²) in [5, 5.41) is 11.8. The Kier molecular flexibility index (Phi) is 14.4. The predicted molar refractivity (Wildman–Crippen MR) is 56.7 cm³/mol. The van der Waals surface area contributed by atoms with Crippen LogP contribution in [0.25, 0.3) is 0 Å². The molecule has 0 aromatic carbocycles. The molecule has 0 fully saturated rings. The van der Waals surface area contributed by atoms with Gasteiger partial charge in [0.2, 0.25) is 0 Å². The normalized spacial score (nSPS) is 7.20. The van der Waals surface area contributed by atoms with Crippen LogP contribution < -0.4 is 0 Å². The van der Waals surface area contributed by atoms with Crippen molar-refractivity contribution in [3.8, 4) is 0 Å². The molecular weight excluding hydrogens is 303 g/mol. The van der Waals surface area contributed by atoms with Gasteiger partial charge in [-0.15, -0.1) is 0 Å². The van der Waals surface area contributed by atoms with E-state index in [1.807, 2.05) is 0 Å². The number of hydrogen-bond acceptors (Lipinski definition) is 5. The Labute approximate surface area is 105 Å². The second-order valence-electron chi connectivity index (χ2n) is 2.51. The molecule has 0 aliphatic heterocycles. The van der Waals surface area contributed by atoms with E-state index in [0.717, 1.165) is 0 Å². The van der Waals surface area contributed by atoms with Crippen LogP contribution in [0.5, 0.6) is 0 Å². The van der Waals surface area contributed by atoms with Crippen molar-refractivity contribution >= 4 is 53.0 Å². The van der Waals surface area contributed by atoms with Gasteiger partial charge in [0.25, 0.3) is 0 Å². The molecule has 0 heterocycles. The molecule has 0 saturated carbocycles. The summed E-state index contributed by atoms with van der Waals surface area (Å²) in [4.78, 5) is 31.8. The summed E-state index contributed by atoms with van der Waals surface area (Å²) in [5.41, 5.74) is 0. The van der Waals surface area contributed by atoms with E-state index in [9.17, 15) is 14.4 Å². The van der Waals surface area contributed by atoms with Crippen LogP contribution in [0.1, 0.15) is 20.8 Å². The van der Waals surface area contributed by atoms with Crippen molar-refractivity contribution < 1.29 is 14.4 Å². The SMILES string of the molecule is CC(=O)C(C(C)=O)C(C)=O.N=C=C=N.[Sn+4]. The maximum Gasteiger partial charge on any atom is 4.00 e. The molecule has 0 unspecified atom stereocenters. The zero-order valence-electron chi connectivity index (χ0n) is 8.80. The van der Waals surface area contributed by atoms with E-state index in [-0.39, 0.29) is 41.3 Å². The van der Waals surface area contributed by atoms with Crippen molar-refractivity contribution in [3.05, 3.63) is 0 Å². The number of carbonyl (C=O) groups excluding carboxylic acids is 3. The molecule has 2 N–H and O–H groups in total. The van der Waals surface area contributed by atoms with Gasteiger partial charge in [-0.3, -0.25) is 14.4 Å². The summed E-state index contributed by atoms with van der Waals surface area (Å²) in [6.45, 7) is 3.73. The van der Waals surface area contributed by atoms with Gasteiger partial charge < -0.3 is 0 Å². The van der Waals surface area contributed by atoms with Gasteiger partial charge in [-0.2, -0.15) is 0 Å². The maximum atomic E-state index is 10.6. The Morgan fingerprint density at radius 2 is 1.07 bits per heavy atom. The zero-order chi connectivity index (χ0) is 11.7. The number of ketones is 3. The van der Waals surface area contributed by atoms with Gasteiger partial charge in [0.05, 0.1) is 11.7 Å². The molecule has 0 rings (SSSR count). The standard InChI is InChI=1S/C7H10O3.C2H2N2.Sn/c1-4(8)7(5(2)9)6(3)10;3-1-2-4;/h7H,1-3H3;3-4H;/q;;+4. The van der Waals surface area contributed by atoms with Gasteiger partial charge in [0, 0.05) is 0 Å². The van der Waals surface area contributed by atoms with Gasteiger partial charge in [0.1, 0.15) is 23.3 Å². The van der Waals surface area contributed by atoms with E-state index >= 15 is 0 Å². The second-order valence-corrected chi connectivity index (χ2v) is 2.51. The number of carbonyl (C=O) groups is 3. The van der Waals surface area contributed by atoms with Gasteiger partial charge in [-0.05, 0) is 20.8 Å². The fourth-order valence-electron chi connectivity index (χ4n) is 0.859. The van der Waals surface area contributed by atoms with Crippen LogP contribution in [0.15, 0.2) is 0 Å². The van der Waals surface area contributed by atoms with E-state index < -0.39 is 5.92 Å². The fraction of sp³-hybridized carbons (Fsp3) is 0.444. The number of Topliss-reactive ketones (excluding diaryl/α,β-unsaturated/α-hetero) is 3. The Morgan fingerprint density at radius 3 is 1.07 bits per heavy atom. The van der Waals surface area contributed by atoms with E-state index in [0.29, 0.717) is 0 Å². The maximum absolute atomic E-state index is 10.6. The topological polar surface area (TPSA) is 98.9 Å². The Bertz CT molecular complexity index is 272. The molecule has 0 aromatic heterocycles. The molecule has 15 heavy (non-hydrogen) atoms. The first kappa shape index (κ1) is 19.5. The van der Waals surface area contributed by atoms with Crippen LogP contribution in [0, 0.1) is 16.7 Å². The van der Waals surface area contributed by atoms with Crippen LogP contribution in [-0.4, -0.2) is 53.0 Å². The molecule has 0 amide bonds. The van der Waals surface area contributed by atoms with Gasteiger partial charge >= 0.3 is 23.9 Å². The molecule has 0 aromatic rings. The van der Waals surface area contributed by atoms with Crippen molar-refractivity contribution in [2.24, 2.45) is 5.92 Å².